The molecule has 4 heteroatoms. The number of nitrogens with zero attached hydrogens (tertiary/aromatic N) is 1. The minimum Gasteiger partial charge on any atom is -0.406 e. The number of aromatic nitrogens is 2. The van der Waals surface area contributed by atoms with Crippen LogP contribution in [0.1, 0.15) is 0 Å². The maximum atomic E-state index is 10.9. The van der Waals surface area contributed by atoms with Crippen LogP contribution >= 0.6 is 0 Å². The topological polar surface area (TPSA) is 58.9 Å². The minimum absolute atomic E-state index is 0.470. The summed E-state index contributed by atoms with van der Waals surface area (Å²) in [7, 11) is 0. The largest absolute Gasteiger partial charge is 0.418 e. The summed E-state index contributed by atoms with van der Waals surface area (Å²) in [6.07, 6.45) is 0. The highest BCUT2D eigenvalue weighted by molar-refractivity contribution is 5.88. The number of oxazole rings is 1. The highest BCUT2D eigenvalue weighted by atomic mass is 16.4. The average molecular weight is 186 g/mol. The van der Waals surface area contributed by atoms with E-state index in [9.17, 15) is 4.79 Å². The van der Waals surface area contributed by atoms with Gasteiger partial charge in [-0.15, -0.1) is 0 Å². The SMILES string of the molecule is O=c1[nH]c2nc3ccccc3cc2o1. The third-order valence-electron chi connectivity index (χ3n) is 2.11. The number of fused-ring (bicyclic) bond motifs is 2. The molecule has 14 heavy (non-hydrogen) atoms. The Morgan fingerprint density at radius 2 is 2.14 bits per heavy atom. The molecule has 3 rings (SSSR count). The fourth-order valence-electron chi connectivity index (χ4n) is 1.49. The lowest BCUT2D eigenvalue weighted by molar-refractivity contribution is 0.555. The summed E-state index contributed by atoms with van der Waals surface area (Å²) in [5.41, 5.74) is 1.83. The summed E-state index contributed by atoms with van der Waals surface area (Å²) < 4.78 is 4.90. The van der Waals surface area contributed by atoms with Crippen molar-refractivity contribution in [3.63, 3.8) is 0 Å². The zero-order valence-electron chi connectivity index (χ0n) is 7.15. The van der Waals surface area contributed by atoms with Crippen molar-refractivity contribution in [2.75, 3.05) is 0 Å². The molecule has 2 heterocycles. The third-order valence-corrected chi connectivity index (χ3v) is 2.11. The number of aromatic amines is 1. The first-order valence-electron chi connectivity index (χ1n) is 4.21. The molecule has 0 amide bonds. The van der Waals surface area contributed by atoms with Gasteiger partial charge in [-0.1, -0.05) is 18.2 Å². The van der Waals surface area contributed by atoms with Gasteiger partial charge in [0.25, 0.3) is 0 Å². The van der Waals surface area contributed by atoms with Gasteiger partial charge in [-0.25, -0.2) is 9.78 Å². The Hall–Kier alpha value is -2.10. The smallest absolute Gasteiger partial charge is 0.406 e. The van der Waals surface area contributed by atoms with Crippen molar-refractivity contribution in [1.82, 2.24) is 9.97 Å². The molecule has 2 aromatic heterocycles. The van der Waals surface area contributed by atoms with Gasteiger partial charge in [0, 0.05) is 5.39 Å². The predicted molar refractivity (Wildman–Crippen MR) is 52.1 cm³/mol. The molecule has 3 aromatic rings. The van der Waals surface area contributed by atoms with E-state index >= 15 is 0 Å². The minimum atomic E-state index is -0.470. The van der Waals surface area contributed by atoms with Gasteiger partial charge in [-0.2, -0.15) is 0 Å². The molecule has 1 N–H and O–H groups in total. The van der Waals surface area contributed by atoms with Crippen LogP contribution in [0.5, 0.6) is 0 Å². The van der Waals surface area contributed by atoms with Crippen LogP contribution in [0.3, 0.4) is 0 Å². The van der Waals surface area contributed by atoms with Gasteiger partial charge in [0.15, 0.2) is 11.2 Å². The van der Waals surface area contributed by atoms with E-state index in [0.717, 1.165) is 10.9 Å². The van der Waals surface area contributed by atoms with Crippen molar-refractivity contribution in [3.05, 3.63) is 40.9 Å². The van der Waals surface area contributed by atoms with E-state index in [2.05, 4.69) is 9.97 Å². The van der Waals surface area contributed by atoms with Crippen molar-refractivity contribution in [2.45, 2.75) is 0 Å². The average Bonchev–Trinajstić information content (AvgIpc) is 2.53. The van der Waals surface area contributed by atoms with Crippen LogP contribution in [0.15, 0.2) is 39.5 Å². The van der Waals surface area contributed by atoms with E-state index in [4.69, 9.17) is 4.42 Å². The number of hydrogen-bond donors (Lipinski definition) is 1. The van der Waals surface area contributed by atoms with Gasteiger partial charge < -0.3 is 4.42 Å². The quantitative estimate of drug-likeness (QED) is 0.581. The molecule has 4 nitrogen and oxygen atoms in total. The van der Waals surface area contributed by atoms with Crippen LogP contribution in [-0.4, -0.2) is 9.97 Å². The standard InChI is InChI=1S/C10H6N2O2/c13-10-12-9-8(14-10)5-6-3-1-2-4-7(6)11-9/h1-5H,(H,11,12,13). The molecular formula is C10H6N2O2. The van der Waals surface area contributed by atoms with Gasteiger partial charge in [0.2, 0.25) is 0 Å². The van der Waals surface area contributed by atoms with E-state index < -0.39 is 5.76 Å². The Morgan fingerprint density at radius 3 is 3.07 bits per heavy atom. The number of H-pyrrole nitrogens is 1. The van der Waals surface area contributed by atoms with Crippen LogP contribution in [0.25, 0.3) is 22.1 Å². The van der Waals surface area contributed by atoms with Gasteiger partial charge in [-0.3, -0.25) is 4.98 Å². The molecule has 0 saturated heterocycles. The zero-order chi connectivity index (χ0) is 9.54. The van der Waals surface area contributed by atoms with E-state index in [-0.39, 0.29) is 0 Å². The first kappa shape index (κ1) is 7.32. The molecule has 0 aliphatic rings. The number of rotatable bonds is 0. The number of para-hydroxylation sites is 1. The number of benzene rings is 1. The van der Waals surface area contributed by atoms with Crippen LogP contribution in [-0.2, 0) is 0 Å². The van der Waals surface area contributed by atoms with Gasteiger partial charge in [0.05, 0.1) is 5.52 Å². The van der Waals surface area contributed by atoms with Crippen molar-refractivity contribution in [1.29, 1.82) is 0 Å². The second-order valence-corrected chi connectivity index (χ2v) is 3.04. The summed E-state index contributed by atoms with van der Waals surface area (Å²) in [6, 6.07) is 9.43. The van der Waals surface area contributed by atoms with Crippen LogP contribution < -0.4 is 5.76 Å². The fourth-order valence-corrected chi connectivity index (χ4v) is 1.49. The lowest BCUT2D eigenvalue weighted by atomic mass is 10.2. The summed E-state index contributed by atoms with van der Waals surface area (Å²) >= 11 is 0. The molecule has 0 fully saturated rings. The maximum Gasteiger partial charge on any atom is 0.418 e. The second-order valence-electron chi connectivity index (χ2n) is 3.04. The Labute approximate surface area is 78.2 Å². The Kier molecular flexibility index (Phi) is 1.28. The molecular weight excluding hydrogens is 180 g/mol. The monoisotopic (exact) mass is 186 g/mol. The van der Waals surface area contributed by atoms with Gasteiger partial charge >= 0.3 is 5.76 Å². The fraction of sp³-hybridized carbons (Fsp3) is 0. The van der Waals surface area contributed by atoms with E-state index in [1.54, 1.807) is 6.07 Å². The summed E-state index contributed by atoms with van der Waals surface area (Å²) in [6.45, 7) is 0. The van der Waals surface area contributed by atoms with Crippen LogP contribution in [0, 0.1) is 0 Å². The van der Waals surface area contributed by atoms with Crippen LogP contribution in [0.2, 0.25) is 0 Å². The van der Waals surface area contributed by atoms with Crippen molar-refractivity contribution in [2.24, 2.45) is 0 Å². The van der Waals surface area contributed by atoms with Gasteiger partial charge in [0.1, 0.15) is 0 Å². The molecule has 0 atom stereocenters. The Bertz CT molecular complexity index is 611. The lowest BCUT2D eigenvalue weighted by Crippen LogP contribution is -1.93. The summed E-state index contributed by atoms with van der Waals surface area (Å²) in [4.78, 5) is 17.7. The van der Waals surface area contributed by atoms with Crippen molar-refractivity contribution < 1.29 is 4.42 Å². The van der Waals surface area contributed by atoms with E-state index in [1.807, 2.05) is 24.3 Å². The molecule has 0 aliphatic heterocycles. The van der Waals surface area contributed by atoms with Crippen molar-refractivity contribution in [3.8, 4) is 0 Å². The summed E-state index contributed by atoms with van der Waals surface area (Å²) in [5.74, 6) is -0.470. The van der Waals surface area contributed by atoms with Gasteiger partial charge in [-0.05, 0) is 12.1 Å². The molecule has 68 valence electrons. The molecule has 0 saturated carbocycles. The summed E-state index contributed by atoms with van der Waals surface area (Å²) in [5, 5.41) is 0.961. The number of nitrogens with one attached hydrogen (secondary N) is 1. The molecule has 0 unspecified atom stereocenters. The predicted octanol–water partition coefficient (Wildman–Crippen LogP) is 1.67. The molecule has 0 aliphatic carbocycles. The second kappa shape index (κ2) is 2.45. The lowest BCUT2D eigenvalue weighted by Gasteiger charge is -1.94. The third kappa shape index (κ3) is 0.939. The molecule has 0 radical (unpaired) electrons. The molecule has 0 spiro atoms. The maximum absolute atomic E-state index is 10.9. The highest BCUT2D eigenvalue weighted by Crippen LogP contribution is 2.16. The van der Waals surface area contributed by atoms with Crippen molar-refractivity contribution >= 4 is 22.1 Å². The highest BCUT2D eigenvalue weighted by Gasteiger charge is 2.03. The Balaban J connectivity index is 2.57. The number of pyridine rings is 1. The van der Waals surface area contributed by atoms with Crippen LogP contribution in [0.4, 0.5) is 0 Å². The normalized spacial score (nSPS) is 11.1. The van der Waals surface area contributed by atoms with E-state index in [1.165, 1.54) is 0 Å². The molecule has 1 aromatic carbocycles. The Morgan fingerprint density at radius 1 is 1.29 bits per heavy atom. The zero-order valence-corrected chi connectivity index (χ0v) is 7.15. The first-order valence-corrected chi connectivity index (χ1v) is 4.21. The molecule has 0 bridgehead atoms. The first-order chi connectivity index (χ1) is 6.83. The van der Waals surface area contributed by atoms with E-state index in [0.29, 0.717) is 11.2 Å². The number of hydrogen-bond acceptors (Lipinski definition) is 3.